The van der Waals surface area contributed by atoms with E-state index in [0.29, 0.717) is 25.1 Å². The highest BCUT2D eigenvalue weighted by Crippen LogP contribution is 2.32. The van der Waals surface area contributed by atoms with Crippen molar-refractivity contribution >= 4 is 15.9 Å². The van der Waals surface area contributed by atoms with Gasteiger partial charge in [-0.3, -0.25) is 4.79 Å². The number of carbonyl (C=O) groups is 1. The molecule has 1 aliphatic rings. The molecule has 128 valence electrons. The first kappa shape index (κ1) is 17.7. The van der Waals surface area contributed by atoms with Crippen molar-refractivity contribution in [3.63, 3.8) is 0 Å². The van der Waals surface area contributed by atoms with E-state index in [0.717, 1.165) is 5.56 Å². The van der Waals surface area contributed by atoms with Crippen molar-refractivity contribution < 1.29 is 17.9 Å². The second kappa shape index (κ2) is 6.88. The van der Waals surface area contributed by atoms with E-state index in [1.807, 2.05) is 19.9 Å². The predicted octanol–water partition coefficient (Wildman–Crippen LogP) is 1.70. The van der Waals surface area contributed by atoms with Crippen LogP contribution in [0, 0.1) is 5.92 Å². The Balaban J connectivity index is 2.42. The van der Waals surface area contributed by atoms with Crippen molar-refractivity contribution in [3.05, 3.63) is 23.8 Å². The molecule has 0 radical (unpaired) electrons. The van der Waals surface area contributed by atoms with Crippen molar-refractivity contribution in [2.24, 2.45) is 11.7 Å². The van der Waals surface area contributed by atoms with Crippen LogP contribution in [0.25, 0.3) is 0 Å². The van der Waals surface area contributed by atoms with Crippen LogP contribution in [-0.2, 0) is 14.8 Å². The van der Waals surface area contributed by atoms with Crippen LogP contribution in [0.2, 0.25) is 0 Å². The van der Waals surface area contributed by atoms with Gasteiger partial charge in [-0.25, -0.2) is 8.42 Å². The molecule has 1 saturated heterocycles. The topological polar surface area (TPSA) is 89.7 Å². The molecule has 2 N–H and O–H groups in total. The van der Waals surface area contributed by atoms with E-state index < -0.39 is 21.8 Å². The van der Waals surface area contributed by atoms with Crippen LogP contribution in [0.15, 0.2) is 23.1 Å². The summed E-state index contributed by atoms with van der Waals surface area (Å²) in [4.78, 5) is 11.6. The lowest BCUT2D eigenvalue weighted by molar-refractivity contribution is -0.122. The molecule has 0 unspecified atom stereocenters. The highest BCUT2D eigenvalue weighted by atomic mass is 32.2. The number of piperidine rings is 1. The van der Waals surface area contributed by atoms with Crippen LogP contribution in [0.3, 0.4) is 0 Å². The van der Waals surface area contributed by atoms with E-state index in [9.17, 15) is 13.2 Å². The minimum absolute atomic E-state index is 0.132. The maximum Gasteiger partial charge on any atom is 0.246 e. The Bertz CT molecular complexity index is 685. The Morgan fingerprint density at radius 1 is 1.39 bits per heavy atom. The quantitative estimate of drug-likeness (QED) is 0.883. The number of ether oxygens (including phenoxy) is 1. The normalized spacial score (nSPS) is 19.7. The molecule has 1 heterocycles. The van der Waals surface area contributed by atoms with E-state index in [-0.39, 0.29) is 17.4 Å². The highest BCUT2D eigenvalue weighted by molar-refractivity contribution is 7.89. The molecule has 7 heteroatoms. The molecule has 1 aromatic carbocycles. The summed E-state index contributed by atoms with van der Waals surface area (Å²) in [5, 5.41) is 0. The van der Waals surface area contributed by atoms with Crippen molar-refractivity contribution in [3.8, 4) is 5.75 Å². The van der Waals surface area contributed by atoms with Gasteiger partial charge >= 0.3 is 0 Å². The third-order valence-corrected chi connectivity index (χ3v) is 6.14. The first-order chi connectivity index (χ1) is 10.8. The van der Waals surface area contributed by atoms with Crippen molar-refractivity contribution in [2.45, 2.75) is 37.5 Å². The van der Waals surface area contributed by atoms with Crippen LogP contribution in [0.5, 0.6) is 5.75 Å². The largest absolute Gasteiger partial charge is 0.495 e. The first-order valence-electron chi connectivity index (χ1n) is 7.74. The zero-order chi connectivity index (χ0) is 17.2. The van der Waals surface area contributed by atoms with Gasteiger partial charge in [-0.05, 0) is 36.5 Å². The number of hydrogen-bond donors (Lipinski definition) is 1. The lowest BCUT2D eigenvalue weighted by atomic mass is 9.99. The maximum atomic E-state index is 13.0. The molecule has 1 amide bonds. The molecule has 0 aromatic heterocycles. The minimum atomic E-state index is -3.73. The van der Waals surface area contributed by atoms with Gasteiger partial charge in [0.2, 0.25) is 15.9 Å². The molecule has 6 nitrogen and oxygen atoms in total. The molecule has 0 saturated carbocycles. The zero-order valence-corrected chi connectivity index (χ0v) is 14.6. The number of sulfonamides is 1. The van der Waals surface area contributed by atoms with E-state index in [2.05, 4.69) is 0 Å². The summed E-state index contributed by atoms with van der Waals surface area (Å²) < 4.78 is 32.6. The Labute approximate surface area is 137 Å². The number of benzene rings is 1. The molecule has 1 aromatic rings. The number of rotatable bonds is 5. The Hall–Kier alpha value is -1.60. The van der Waals surface area contributed by atoms with E-state index >= 15 is 0 Å². The van der Waals surface area contributed by atoms with Gasteiger partial charge in [0.25, 0.3) is 0 Å². The summed E-state index contributed by atoms with van der Waals surface area (Å²) in [5.74, 6) is -0.365. The third-order valence-electron chi connectivity index (χ3n) is 4.26. The van der Waals surface area contributed by atoms with Gasteiger partial charge in [-0.2, -0.15) is 4.31 Å². The van der Waals surface area contributed by atoms with Gasteiger partial charge in [0.15, 0.2) is 0 Å². The average Bonchev–Trinajstić information content (AvgIpc) is 2.54. The molecule has 1 atom stereocenters. The van der Waals surface area contributed by atoms with Crippen LogP contribution in [0.1, 0.15) is 38.2 Å². The molecule has 0 bridgehead atoms. The first-order valence-corrected chi connectivity index (χ1v) is 9.18. The Morgan fingerprint density at radius 2 is 2.09 bits per heavy atom. The fourth-order valence-electron chi connectivity index (χ4n) is 2.79. The summed E-state index contributed by atoms with van der Waals surface area (Å²) in [5.41, 5.74) is 6.27. The van der Waals surface area contributed by atoms with Crippen LogP contribution in [-0.4, -0.2) is 38.8 Å². The summed E-state index contributed by atoms with van der Waals surface area (Å²) in [6.45, 7) is 4.53. The monoisotopic (exact) mass is 340 g/mol. The number of primary amides is 1. The molecule has 0 spiro atoms. The fraction of sp³-hybridized carbons (Fsp3) is 0.562. The molecule has 0 aliphatic carbocycles. The van der Waals surface area contributed by atoms with Gasteiger partial charge in [0.1, 0.15) is 10.6 Å². The fourth-order valence-corrected chi connectivity index (χ4v) is 4.50. The van der Waals surface area contributed by atoms with Crippen LogP contribution >= 0.6 is 0 Å². The summed E-state index contributed by atoms with van der Waals surface area (Å²) in [6.07, 6.45) is 1.25. The summed E-state index contributed by atoms with van der Waals surface area (Å²) in [6, 6.07) is 5.20. The van der Waals surface area contributed by atoms with E-state index in [4.69, 9.17) is 10.5 Å². The zero-order valence-electron chi connectivity index (χ0n) is 13.8. The SMILES string of the molecule is COc1ccc(C(C)C)cc1S(=O)(=O)N1CCC[C@@H](C(N)=O)C1. The standard InChI is InChI=1S/C16H24N2O4S/c1-11(2)12-6-7-14(22-3)15(9-12)23(20,21)18-8-4-5-13(10-18)16(17)19/h6-7,9,11,13H,4-5,8,10H2,1-3H3,(H2,17,19)/t13-/m1/s1. The van der Waals surface area contributed by atoms with Gasteiger partial charge in [-0.1, -0.05) is 19.9 Å². The number of methoxy groups -OCH3 is 1. The van der Waals surface area contributed by atoms with E-state index in [1.165, 1.54) is 11.4 Å². The molecular weight excluding hydrogens is 316 g/mol. The molecule has 2 rings (SSSR count). The third kappa shape index (κ3) is 3.67. The number of hydrogen-bond acceptors (Lipinski definition) is 4. The van der Waals surface area contributed by atoms with Crippen LogP contribution < -0.4 is 10.5 Å². The van der Waals surface area contributed by atoms with Crippen LogP contribution in [0.4, 0.5) is 0 Å². The second-order valence-electron chi connectivity index (χ2n) is 6.17. The number of nitrogens with zero attached hydrogens (tertiary/aromatic N) is 1. The van der Waals surface area contributed by atoms with Gasteiger partial charge in [0, 0.05) is 13.1 Å². The number of amides is 1. The molecule has 1 aliphatic heterocycles. The Morgan fingerprint density at radius 3 is 2.65 bits per heavy atom. The second-order valence-corrected chi connectivity index (χ2v) is 8.08. The van der Waals surface area contributed by atoms with E-state index in [1.54, 1.807) is 12.1 Å². The average molecular weight is 340 g/mol. The lowest BCUT2D eigenvalue weighted by Crippen LogP contribution is -2.44. The minimum Gasteiger partial charge on any atom is -0.495 e. The molecular formula is C16H24N2O4S. The smallest absolute Gasteiger partial charge is 0.246 e. The molecule has 23 heavy (non-hydrogen) atoms. The lowest BCUT2D eigenvalue weighted by Gasteiger charge is -2.30. The summed E-state index contributed by atoms with van der Waals surface area (Å²) in [7, 11) is -2.28. The summed E-state index contributed by atoms with van der Waals surface area (Å²) >= 11 is 0. The van der Waals surface area contributed by atoms with Crippen molar-refractivity contribution in [2.75, 3.05) is 20.2 Å². The van der Waals surface area contributed by atoms with Crippen molar-refractivity contribution in [1.29, 1.82) is 0 Å². The van der Waals surface area contributed by atoms with Crippen molar-refractivity contribution in [1.82, 2.24) is 4.31 Å². The number of nitrogens with two attached hydrogens (primary N) is 1. The predicted molar refractivity (Wildman–Crippen MR) is 87.8 cm³/mol. The highest BCUT2D eigenvalue weighted by Gasteiger charge is 2.34. The molecule has 1 fully saturated rings. The maximum absolute atomic E-state index is 13.0. The van der Waals surface area contributed by atoms with Gasteiger partial charge in [0.05, 0.1) is 13.0 Å². The Kier molecular flexibility index (Phi) is 5.31. The number of carbonyl (C=O) groups excluding carboxylic acids is 1. The van der Waals surface area contributed by atoms with Gasteiger partial charge < -0.3 is 10.5 Å². The van der Waals surface area contributed by atoms with Gasteiger partial charge in [-0.15, -0.1) is 0 Å².